The molecular weight excluding hydrogens is 398 g/mol. The molecule has 31 heavy (non-hydrogen) atoms. The number of rotatable bonds is 7. The second-order valence-corrected chi connectivity index (χ2v) is 6.62. The summed E-state index contributed by atoms with van der Waals surface area (Å²) >= 11 is 0. The molecule has 0 aliphatic carbocycles. The molecule has 0 saturated carbocycles. The Morgan fingerprint density at radius 2 is 1.52 bits per heavy atom. The lowest BCUT2D eigenvalue weighted by molar-refractivity contribution is -0.141. The number of carbonyl (C=O) groups is 3. The molecule has 0 aliphatic rings. The lowest BCUT2D eigenvalue weighted by Crippen LogP contribution is -2.55. The highest BCUT2D eigenvalue weighted by molar-refractivity contribution is 6.08. The quantitative estimate of drug-likeness (QED) is 0.302. The van der Waals surface area contributed by atoms with Crippen molar-refractivity contribution < 1.29 is 19.6 Å². The van der Waals surface area contributed by atoms with Gasteiger partial charge in [-0.2, -0.15) is 0 Å². The Morgan fingerprint density at radius 1 is 0.903 bits per heavy atom. The summed E-state index contributed by atoms with van der Waals surface area (Å²) in [6.45, 7) is -0.0390. The molecule has 0 bridgehead atoms. The van der Waals surface area contributed by atoms with Crippen LogP contribution in [0.2, 0.25) is 0 Å². The predicted octanol–water partition coefficient (Wildman–Crippen LogP) is 1.41. The standard InChI is InChI=1S/C22H21N5O4/c1-27(19(21(29)26-31)20(28)25-14-18-23-12-5-13-24-18)22(30)17-10-8-16(9-11-17)15-6-3-2-4-7-15/h2-13,19,31H,14H2,1H3,(H,25,28)(H,26,29). The monoisotopic (exact) mass is 419 g/mol. The van der Waals surface area contributed by atoms with Gasteiger partial charge >= 0.3 is 0 Å². The molecule has 9 heteroatoms. The van der Waals surface area contributed by atoms with E-state index in [-0.39, 0.29) is 12.1 Å². The van der Waals surface area contributed by atoms with Crippen molar-refractivity contribution >= 4 is 17.7 Å². The van der Waals surface area contributed by atoms with Crippen LogP contribution in [-0.2, 0) is 16.1 Å². The van der Waals surface area contributed by atoms with E-state index in [1.165, 1.54) is 24.9 Å². The maximum absolute atomic E-state index is 12.9. The van der Waals surface area contributed by atoms with Crippen LogP contribution in [-0.4, -0.2) is 50.9 Å². The van der Waals surface area contributed by atoms with Crippen LogP contribution in [0, 0.1) is 0 Å². The average Bonchev–Trinajstić information content (AvgIpc) is 2.83. The minimum absolute atomic E-state index is 0.0390. The number of hydrogen-bond acceptors (Lipinski definition) is 6. The number of likely N-dealkylation sites (N-methyl/N-ethyl adjacent to an activating group) is 1. The Labute approximate surface area is 178 Å². The molecular formula is C22H21N5O4. The fourth-order valence-electron chi connectivity index (χ4n) is 2.97. The van der Waals surface area contributed by atoms with Gasteiger partial charge in [0.2, 0.25) is 0 Å². The molecule has 158 valence electrons. The Bertz CT molecular complexity index is 1040. The van der Waals surface area contributed by atoms with Crippen LogP contribution >= 0.6 is 0 Å². The van der Waals surface area contributed by atoms with E-state index in [9.17, 15) is 14.4 Å². The second-order valence-electron chi connectivity index (χ2n) is 6.62. The van der Waals surface area contributed by atoms with Crippen LogP contribution in [0.4, 0.5) is 0 Å². The van der Waals surface area contributed by atoms with E-state index in [4.69, 9.17) is 5.21 Å². The fraction of sp³-hybridized carbons (Fsp3) is 0.136. The second kappa shape index (κ2) is 10.1. The summed E-state index contributed by atoms with van der Waals surface area (Å²) in [4.78, 5) is 46.5. The van der Waals surface area contributed by atoms with E-state index in [0.29, 0.717) is 5.82 Å². The minimum atomic E-state index is -1.59. The van der Waals surface area contributed by atoms with Gasteiger partial charge in [-0.25, -0.2) is 15.4 Å². The molecule has 3 rings (SSSR count). The smallest absolute Gasteiger partial charge is 0.275 e. The zero-order valence-electron chi connectivity index (χ0n) is 16.7. The van der Waals surface area contributed by atoms with Crippen molar-refractivity contribution in [3.63, 3.8) is 0 Å². The highest BCUT2D eigenvalue weighted by atomic mass is 16.5. The van der Waals surface area contributed by atoms with Crippen LogP contribution in [0.5, 0.6) is 0 Å². The molecule has 0 spiro atoms. The van der Waals surface area contributed by atoms with E-state index in [2.05, 4.69) is 15.3 Å². The molecule has 1 aromatic heterocycles. The van der Waals surface area contributed by atoms with Gasteiger partial charge in [-0.3, -0.25) is 19.6 Å². The Morgan fingerprint density at radius 3 is 2.13 bits per heavy atom. The molecule has 0 saturated heterocycles. The summed E-state index contributed by atoms with van der Waals surface area (Å²) in [6, 6.07) is 16.5. The molecule has 0 aliphatic heterocycles. The van der Waals surface area contributed by atoms with Gasteiger partial charge in [-0.05, 0) is 29.3 Å². The number of hydroxylamine groups is 1. The summed E-state index contributed by atoms with van der Waals surface area (Å²) in [7, 11) is 1.31. The maximum Gasteiger partial charge on any atom is 0.275 e. The predicted molar refractivity (Wildman–Crippen MR) is 112 cm³/mol. The van der Waals surface area contributed by atoms with Crippen molar-refractivity contribution in [3.8, 4) is 11.1 Å². The molecule has 3 aromatic rings. The third-order valence-electron chi connectivity index (χ3n) is 4.59. The number of nitrogens with one attached hydrogen (secondary N) is 2. The summed E-state index contributed by atoms with van der Waals surface area (Å²) in [6.07, 6.45) is 3.03. The first-order valence-corrected chi connectivity index (χ1v) is 9.41. The van der Waals surface area contributed by atoms with Gasteiger partial charge in [0, 0.05) is 25.0 Å². The molecule has 0 fully saturated rings. The summed E-state index contributed by atoms with van der Waals surface area (Å²) in [5.74, 6) is -2.04. The highest BCUT2D eigenvalue weighted by Gasteiger charge is 2.34. The van der Waals surface area contributed by atoms with Crippen LogP contribution in [0.25, 0.3) is 11.1 Å². The molecule has 3 N–H and O–H groups in total. The maximum atomic E-state index is 12.9. The van der Waals surface area contributed by atoms with Crippen molar-refractivity contribution in [2.24, 2.45) is 0 Å². The van der Waals surface area contributed by atoms with E-state index < -0.39 is 23.8 Å². The number of carbonyl (C=O) groups excluding carboxylic acids is 3. The number of amides is 3. The zero-order chi connectivity index (χ0) is 22.2. The van der Waals surface area contributed by atoms with Crippen molar-refractivity contribution in [1.29, 1.82) is 0 Å². The zero-order valence-corrected chi connectivity index (χ0v) is 16.7. The van der Waals surface area contributed by atoms with Gasteiger partial charge in [0.05, 0.1) is 6.54 Å². The van der Waals surface area contributed by atoms with E-state index >= 15 is 0 Å². The number of hydrogen-bond donors (Lipinski definition) is 3. The Kier molecular flexibility index (Phi) is 7.02. The number of aromatic nitrogens is 2. The Hall–Kier alpha value is -4.11. The molecule has 0 radical (unpaired) electrons. The largest absolute Gasteiger partial charge is 0.347 e. The molecule has 9 nitrogen and oxygen atoms in total. The van der Waals surface area contributed by atoms with Crippen LogP contribution in [0.15, 0.2) is 73.1 Å². The first-order valence-electron chi connectivity index (χ1n) is 9.41. The number of nitrogens with zero attached hydrogens (tertiary/aromatic N) is 3. The first kappa shape index (κ1) is 21.6. The van der Waals surface area contributed by atoms with Gasteiger partial charge in [0.1, 0.15) is 5.82 Å². The van der Waals surface area contributed by atoms with Gasteiger partial charge in [0.25, 0.3) is 17.7 Å². The molecule has 1 atom stereocenters. The van der Waals surface area contributed by atoms with Crippen molar-refractivity contribution in [2.45, 2.75) is 12.6 Å². The minimum Gasteiger partial charge on any atom is -0.347 e. The normalized spacial score (nSPS) is 11.3. The van der Waals surface area contributed by atoms with Gasteiger partial charge in [0.15, 0.2) is 6.04 Å². The van der Waals surface area contributed by atoms with Crippen molar-refractivity contribution in [1.82, 2.24) is 25.7 Å². The lowest BCUT2D eigenvalue weighted by Gasteiger charge is -2.25. The van der Waals surface area contributed by atoms with Gasteiger partial charge < -0.3 is 10.2 Å². The topological polar surface area (TPSA) is 125 Å². The van der Waals surface area contributed by atoms with Crippen molar-refractivity contribution in [2.75, 3.05) is 7.05 Å². The summed E-state index contributed by atoms with van der Waals surface area (Å²) in [5.41, 5.74) is 3.64. The van der Waals surface area contributed by atoms with Gasteiger partial charge in [-0.1, -0.05) is 42.5 Å². The molecule has 3 amide bonds. The lowest BCUT2D eigenvalue weighted by atomic mass is 10.0. The van der Waals surface area contributed by atoms with Crippen LogP contribution in [0.3, 0.4) is 0 Å². The third-order valence-corrected chi connectivity index (χ3v) is 4.59. The summed E-state index contributed by atoms with van der Waals surface area (Å²) in [5, 5.41) is 11.6. The molecule has 2 aromatic carbocycles. The van der Waals surface area contributed by atoms with E-state index in [1.54, 1.807) is 30.3 Å². The van der Waals surface area contributed by atoms with Crippen LogP contribution in [0.1, 0.15) is 16.2 Å². The van der Waals surface area contributed by atoms with Crippen LogP contribution < -0.4 is 10.8 Å². The van der Waals surface area contributed by atoms with E-state index in [0.717, 1.165) is 16.0 Å². The van der Waals surface area contributed by atoms with Crippen molar-refractivity contribution in [3.05, 3.63) is 84.4 Å². The highest BCUT2D eigenvalue weighted by Crippen LogP contribution is 2.20. The molecule has 1 unspecified atom stereocenters. The third kappa shape index (κ3) is 5.28. The average molecular weight is 419 g/mol. The number of benzene rings is 2. The Balaban J connectivity index is 1.74. The summed E-state index contributed by atoms with van der Waals surface area (Å²) < 4.78 is 0. The van der Waals surface area contributed by atoms with Gasteiger partial charge in [-0.15, -0.1) is 0 Å². The first-order chi connectivity index (χ1) is 15.0. The molecule has 1 heterocycles. The van der Waals surface area contributed by atoms with E-state index in [1.807, 2.05) is 30.3 Å². The fourth-order valence-corrected chi connectivity index (χ4v) is 2.97. The SMILES string of the molecule is CN(C(=O)c1ccc(-c2ccccc2)cc1)C(C(=O)NO)C(=O)NCc1ncccn1.